The molecule has 0 aromatic heterocycles. The maximum atomic E-state index is 12.5. The number of carbonyl (C=O) groups is 2. The molecule has 0 radical (unpaired) electrons. The van der Waals surface area contributed by atoms with Crippen LogP contribution in [0.25, 0.3) is 0 Å². The molecule has 20 heavy (non-hydrogen) atoms. The van der Waals surface area contributed by atoms with Gasteiger partial charge in [-0.1, -0.05) is 0 Å². The molecular formula is C15H27N3O2. The molecule has 5 nitrogen and oxygen atoms in total. The van der Waals surface area contributed by atoms with E-state index in [2.05, 4.69) is 18.7 Å². The fourth-order valence-electron chi connectivity index (χ4n) is 3.34. The van der Waals surface area contributed by atoms with Gasteiger partial charge in [-0.25, -0.2) is 0 Å². The zero-order valence-electron chi connectivity index (χ0n) is 12.7. The summed E-state index contributed by atoms with van der Waals surface area (Å²) >= 11 is 0. The van der Waals surface area contributed by atoms with Crippen molar-refractivity contribution in [2.75, 3.05) is 26.2 Å². The smallest absolute Gasteiger partial charge is 0.225 e. The van der Waals surface area contributed by atoms with Crippen LogP contribution in [0.15, 0.2) is 0 Å². The number of amides is 2. The summed E-state index contributed by atoms with van der Waals surface area (Å²) in [7, 11) is 0. The lowest BCUT2D eigenvalue weighted by molar-refractivity contribution is -0.139. The third-order valence-corrected chi connectivity index (χ3v) is 4.84. The summed E-state index contributed by atoms with van der Waals surface area (Å²) < 4.78 is 0. The lowest BCUT2D eigenvalue weighted by atomic mass is 9.81. The van der Waals surface area contributed by atoms with Crippen LogP contribution in [-0.4, -0.2) is 53.8 Å². The minimum atomic E-state index is -0.207. The summed E-state index contributed by atoms with van der Waals surface area (Å²) in [6.07, 6.45) is 3.18. The Labute approximate surface area is 121 Å². The van der Waals surface area contributed by atoms with E-state index in [0.29, 0.717) is 6.04 Å². The standard InChI is InChI=1S/C15H27N3O2/c1-11(2)17-7-9-18(10-8-17)15(20)13-5-3-12(4-6-13)14(16)19/h11-13H,3-10H2,1-2H3,(H2,16,19)/t12-,13-. The van der Waals surface area contributed by atoms with Gasteiger partial charge in [-0.2, -0.15) is 0 Å². The molecule has 5 heteroatoms. The topological polar surface area (TPSA) is 66.6 Å². The third-order valence-electron chi connectivity index (χ3n) is 4.84. The minimum Gasteiger partial charge on any atom is -0.369 e. The van der Waals surface area contributed by atoms with Crippen LogP contribution in [0.5, 0.6) is 0 Å². The lowest BCUT2D eigenvalue weighted by Gasteiger charge is -2.39. The highest BCUT2D eigenvalue weighted by molar-refractivity contribution is 5.80. The van der Waals surface area contributed by atoms with Gasteiger partial charge in [0.2, 0.25) is 11.8 Å². The van der Waals surface area contributed by atoms with Gasteiger partial charge in [-0.05, 0) is 39.5 Å². The highest BCUT2D eigenvalue weighted by atomic mass is 16.2. The van der Waals surface area contributed by atoms with Crippen LogP contribution in [0.1, 0.15) is 39.5 Å². The Kier molecular flexibility index (Phi) is 5.02. The van der Waals surface area contributed by atoms with E-state index in [4.69, 9.17) is 5.73 Å². The first-order valence-electron chi connectivity index (χ1n) is 7.81. The van der Waals surface area contributed by atoms with Crippen molar-refractivity contribution < 1.29 is 9.59 Å². The zero-order valence-corrected chi connectivity index (χ0v) is 12.7. The molecular weight excluding hydrogens is 254 g/mol. The Hall–Kier alpha value is -1.10. The van der Waals surface area contributed by atoms with Gasteiger partial charge in [0, 0.05) is 44.1 Å². The molecule has 2 N–H and O–H groups in total. The average Bonchev–Trinajstić information content (AvgIpc) is 2.46. The number of nitrogens with two attached hydrogens (primary N) is 1. The Bertz CT molecular complexity index is 354. The molecule has 0 aromatic carbocycles. The van der Waals surface area contributed by atoms with Crippen molar-refractivity contribution in [2.24, 2.45) is 17.6 Å². The number of hydrogen-bond donors (Lipinski definition) is 1. The molecule has 1 heterocycles. The van der Waals surface area contributed by atoms with Crippen LogP contribution in [0.4, 0.5) is 0 Å². The summed E-state index contributed by atoms with van der Waals surface area (Å²) in [6, 6.07) is 0.554. The van der Waals surface area contributed by atoms with Gasteiger partial charge >= 0.3 is 0 Å². The summed E-state index contributed by atoms with van der Waals surface area (Å²) in [4.78, 5) is 28.1. The molecule has 2 amide bonds. The van der Waals surface area contributed by atoms with Crippen molar-refractivity contribution in [3.63, 3.8) is 0 Å². The number of nitrogens with zero attached hydrogens (tertiary/aromatic N) is 2. The Morgan fingerprint density at radius 1 is 0.950 bits per heavy atom. The van der Waals surface area contributed by atoms with Crippen molar-refractivity contribution in [2.45, 2.75) is 45.6 Å². The van der Waals surface area contributed by atoms with Crippen molar-refractivity contribution in [1.82, 2.24) is 9.80 Å². The second-order valence-corrected chi connectivity index (χ2v) is 6.41. The van der Waals surface area contributed by atoms with Gasteiger partial charge in [-0.15, -0.1) is 0 Å². The first kappa shape index (κ1) is 15.3. The summed E-state index contributed by atoms with van der Waals surface area (Å²) in [5.74, 6) is 0.172. The molecule has 0 unspecified atom stereocenters. The van der Waals surface area contributed by atoms with Crippen LogP contribution in [0, 0.1) is 11.8 Å². The van der Waals surface area contributed by atoms with Crippen molar-refractivity contribution in [1.29, 1.82) is 0 Å². The van der Waals surface area contributed by atoms with Crippen molar-refractivity contribution in [3.8, 4) is 0 Å². The SMILES string of the molecule is CC(C)N1CCN(C(=O)[C@H]2CC[C@H](C(N)=O)CC2)CC1. The first-order chi connectivity index (χ1) is 9.49. The molecule has 1 aliphatic carbocycles. The van der Waals surface area contributed by atoms with E-state index in [0.717, 1.165) is 51.9 Å². The maximum Gasteiger partial charge on any atom is 0.225 e. The minimum absolute atomic E-state index is 0.0168. The van der Waals surface area contributed by atoms with Crippen molar-refractivity contribution >= 4 is 11.8 Å². The molecule has 2 aliphatic rings. The van der Waals surface area contributed by atoms with Crippen LogP contribution in [0.3, 0.4) is 0 Å². The van der Waals surface area contributed by atoms with E-state index in [1.165, 1.54) is 0 Å². The number of rotatable bonds is 3. The van der Waals surface area contributed by atoms with Gasteiger partial charge in [0.15, 0.2) is 0 Å². The van der Waals surface area contributed by atoms with E-state index in [1.54, 1.807) is 0 Å². The summed E-state index contributed by atoms with van der Waals surface area (Å²) in [5.41, 5.74) is 5.34. The van der Waals surface area contributed by atoms with Crippen LogP contribution >= 0.6 is 0 Å². The Morgan fingerprint density at radius 2 is 1.45 bits per heavy atom. The van der Waals surface area contributed by atoms with Gasteiger partial charge in [-0.3, -0.25) is 14.5 Å². The Balaban J connectivity index is 1.80. The normalized spacial score (nSPS) is 28.6. The molecule has 2 fully saturated rings. The van der Waals surface area contributed by atoms with E-state index in [1.807, 2.05) is 4.90 Å². The second-order valence-electron chi connectivity index (χ2n) is 6.41. The van der Waals surface area contributed by atoms with Crippen molar-refractivity contribution in [3.05, 3.63) is 0 Å². The fraction of sp³-hybridized carbons (Fsp3) is 0.867. The molecule has 0 spiro atoms. The quantitative estimate of drug-likeness (QED) is 0.833. The predicted molar refractivity (Wildman–Crippen MR) is 77.9 cm³/mol. The van der Waals surface area contributed by atoms with Gasteiger partial charge < -0.3 is 10.6 Å². The molecule has 0 bridgehead atoms. The van der Waals surface area contributed by atoms with E-state index in [-0.39, 0.29) is 23.7 Å². The molecule has 1 saturated carbocycles. The van der Waals surface area contributed by atoms with Crippen LogP contribution < -0.4 is 5.73 Å². The van der Waals surface area contributed by atoms with E-state index >= 15 is 0 Å². The summed E-state index contributed by atoms with van der Waals surface area (Å²) in [5, 5.41) is 0. The molecule has 1 aliphatic heterocycles. The summed E-state index contributed by atoms with van der Waals surface area (Å²) in [6.45, 7) is 8.02. The number of carbonyl (C=O) groups excluding carboxylic acids is 2. The maximum absolute atomic E-state index is 12.5. The number of piperazine rings is 1. The third kappa shape index (κ3) is 3.51. The predicted octanol–water partition coefficient (Wildman–Crippen LogP) is 0.831. The monoisotopic (exact) mass is 281 g/mol. The van der Waals surface area contributed by atoms with Crippen LogP contribution in [-0.2, 0) is 9.59 Å². The number of hydrogen-bond acceptors (Lipinski definition) is 3. The molecule has 0 aromatic rings. The lowest BCUT2D eigenvalue weighted by Crippen LogP contribution is -2.52. The molecule has 114 valence electrons. The highest BCUT2D eigenvalue weighted by Crippen LogP contribution is 2.30. The average molecular weight is 281 g/mol. The second kappa shape index (κ2) is 6.57. The largest absolute Gasteiger partial charge is 0.369 e. The van der Waals surface area contributed by atoms with E-state index < -0.39 is 0 Å². The molecule has 0 atom stereocenters. The Morgan fingerprint density at radius 3 is 1.90 bits per heavy atom. The zero-order chi connectivity index (χ0) is 14.7. The van der Waals surface area contributed by atoms with Gasteiger partial charge in [0.1, 0.15) is 0 Å². The number of primary amides is 1. The fourth-order valence-corrected chi connectivity index (χ4v) is 3.34. The molecule has 2 rings (SSSR count). The van der Waals surface area contributed by atoms with Gasteiger partial charge in [0.25, 0.3) is 0 Å². The highest BCUT2D eigenvalue weighted by Gasteiger charge is 2.32. The van der Waals surface area contributed by atoms with E-state index in [9.17, 15) is 9.59 Å². The van der Waals surface area contributed by atoms with Gasteiger partial charge in [0.05, 0.1) is 0 Å². The molecule has 1 saturated heterocycles. The van der Waals surface area contributed by atoms with Crippen LogP contribution in [0.2, 0.25) is 0 Å². The first-order valence-corrected chi connectivity index (χ1v) is 7.81.